The molecule has 0 saturated carbocycles. The highest BCUT2D eigenvalue weighted by Gasteiger charge is 2.33. The van der Waals surface area contributed by atoms with Crippen LogP contribution in [0.1, 0.15) is 34.7 Å². The van der Waals surface area contributed by atoms with E-state index in [-0.39, 0.29) is 23.8 Å². The molecule has 7 heteroatoms. The van der Waals surface area contributed by atoms with Gasteiger partial charge in [-0.1, -0.05) is 30.4 Å². The lowest BCUT2D eigenvalue weighted by Crippen LogP contribution is -2.45. The van der Waals surface area contributed by atoms with Crippen LogP contribution in [0.25, 0.3) is 10.2 Å². The number of thiazole rings is 1. The highest BCUT2D eigenvalue weighted by Crippen LogP contribution is 2.38. The summed E-state index contributed by atoms with van der Waals surface area (Å²) in [6, 6.07) is 12.7. The Kier molecular flexibility index (Phi) is 6.45. The minimum Gasteiger partial charge on any atom is -0.379 e. The molecule has 1 fully saturated rings. The maximum atomic E-state index is 13.3. The van der Waals surface area contributed by atoms with Gasteiger partial charge in [0.2, 0.25) is 5.91 Å². The van der Waals surface area contributed by atoms with Gasteiger partial charge in [-0.3, -0.25) is 9.69 Å². The van der Waals surface area contributed by atoms with Crippen LogP contribution in [-0.2, 0) is 9.53 Å². The van der Waals surface area contributed by atoms with Gasteiger partial charge in [-0.2, -0.15) is 0 Å². The van der Waals surface area contributed by atoms with Crippen molar-refractivity contribution in [1.29, 1.82) is 0 Å². The molecule has 0 spiro atoms. The molecule has 31 heavy (non-hydrogen) atoms. The second kappa shape index (κ2) is 9.61. The van der Waals surface area contributed by atoms with E-state index in [0.717, 1.165) is 49.7 Å². The number of carbonyl (C=O) groups is 1. The van der Waals surface area contributed by atoms with E-state index >= 15 is 0 Å². The van der Waals surface area contributed by atoms with Gasteiger partial charge in [0.25, 0.3) is 0 Å². The number of benzene rings is 1. The molecule has 2 aromatic heterocycles. The van der Waals surface area contributed by atoms with Crippen molar-refractivity contribution in [3.05, 3.63) is 63.8 Å². The lowest BCUT2D eigenvalue weighted by atomic mass is 9.82. The first kappa shape index (κ1) is 20.8. The molecule has 2 aliphatic rings. The Morgan fingerprint density at radius 1 is 1.16 bits per heavy atom. The third-order valence-corrected chi connectivity index (χ3v) is 8.37. The fraction of sp³-hybridized carbons (Fsp3) is 0.417. The standard InChI is InChI=1S/C24H27N3O2S2/c28-23(25-16-20(22-10-5-15-30-22)27-11-13-29-14-12-27)17-6-1-2-7-18(17)24-26-19-8-3-4-9-21(19)31-24/h1-5,8-10,15,17-18,20H,6-7,11-14,16H2,(H,25,28)/t17-,18+,20+/m0/s1. The molecule has 1 aliphatic carbocycles. The highest BCUT2D eigenvalue weighted by atomic mass is 32.1. The van der Waals surface area contributed by atoms with Crippen LogP contribution in [-0.4, -0.2) is 48.6 Å². The number of amides is 1. The Labute approximate surface area is 190 Å². The van der Waals surface area contributed by atoms with Crippen molar-refractivity contribution < 1.29 is 9.53 Å². The molecule has 5 nitrogen and oxygen atoms in total. The summed E-state index contributed by atoms with van der Waals surface area (Å²) >= 11 is 3.48. The molecule has 3 aromatic rings. The Morgan fingerprint density at radius 2 is 2.00 bits per heavy atom. The summed E-state index contributed by atoms with van der Waals surface area (Å²) in [5.74, 6) is 0.216. The summed E-state index contributed by atoms with van der Waals surface area (Å²) in [6.45, 7) is 3.94. The average Bonchev–Trinajstić information content (AvgIpc) is 3.50. The van der Waals surface area contributed by atoms with Crippen LogP contribution in [0.15, 0.2) is 53.9 Å². The molecule has 3 heterocycles. The van der Waals surface area contributed by atoms with Crippen LogP contribution < -0.4 is 5.32 Å². The largest absolute Gasteiger partial charge is 0.379 e. The van der Waals surface area contributed by atoms with E-state index in [1.54, 1.807) is 22.7 Å². The van der Waals surface area contributed by atoms with Crippen LogP contribution in [0, 0.1) is 5.92 Å². The quantitative estimate of drug-likeness (QED) is 0.555. The average molecular weight is 454 g/mol. The lowest BCUT2D eigenvalue weighted by molar-refractivity contribution is -0.126. The van der Waals surface area contributed by atoms with Crippen LogP contribution in [0.5, 0.6) is 0 Å². The number of rotatable bonds is 6. The first-order chi connectivity index (χ1) is 15.3. The third-order valence-electron chi connectivity index (χ3n) is 6.22. The molecule has 1 N–H and O–H groups in total. The van der Waals surface area contributed by atoms with Crippen molar-refractivity contribution in [3.63, 3.8) is 0 Å². The van der Waals surface area contributed by atoms with E-state index in [1.807, 2.05) is 12.1 Å². The number of allylic oxidation sites excluding steroid dienone is 2. The summed E-state index contributed by atoms with van der Waals surface area (Å²) in [5, 5.41) is 6.49. The minimum absolute atomic E-state index is 0.0702. The summed E-state index contributed by atoms with van der Waals surface area (Å²) < 4.78 is 6.73. The number of fused-ring (bicyclic) bond motifs is 1. The van der Waals surface area contributed by atoms with E-state index < -0.39 is 0 Å². The molecule has 1 amide bonds. The smallest absolute Gasteiger partial charge is 0.224 e. The van der Waals surface area contributed by atoms with E-state index in [2.05, 4.69) is 52.0 Å². The zero-order chi connectivity index (χ0) is 21.0. The van der Waals surface area contributed by atoms with Crippen molar-refractivity contribution in [1.82, 2.24) is 15.2 Å². The van der Waals surface area contributed by atoms with E-state index in [1.165, 1.54) is 9.58 Å². The maximum Gasteiger partial charge on any atom is 0.224 e. The molecule has 1 aliphatic heterocycles. The van der Waals surface area contributed by atoms with Gasteiger partial charge in [-0.15, -0.1) is 22.7 Å². The summed E-state index contributed by atoms with van der Waals surface area (Å²) in [4.78, 5) is 21.9. The number of aromatic nitrogens is 1. The van der Waals surface area contributed by atoms with E-state index in [9.17, 15) is 4.79 Å². The van der Waals surface area contributed by atoms with Crippen LogP contribution in [0.3, 0.4) is 0 Å². The first-order valence-electron chi connectivity index (χ1n) is 10.9. The Morgan fingerprint density at radius 3 is 2.81 bits per heavy atom. The van der Waals surface area contributed by atoms with Crippen molar-refractivity contribution in [3.8, 4) is 0 Å². The van der Waals surface area contributed by atoms with Gasteiger partial charge in [0.15, 0.2) is 0 Å². The number of thiophene rings is 1. The number of hydrogen-bond donors (Lipinski definition) is 1. The van der Waals surface area contributed by atoms with Gasteiger partial charge >= 0.3 is 0 Å². The zero-order valence-electron chi connectivity index (χ0n) is 17.4. The molecule has 5 rings (SSSR count). The van der Waals surface area contributed by atoms with Gasteiger partial charge < -0.3 is 10.1 Å². The fourth-order valence-corrected chi connectivity index (χ4v) is 6.54. The van der Waals surface area contributed by atoms with Crippen molar-refractivity contribution in [2.45, 2.75) is 24.8 Å². The normalized spacial score (nSPS) is 23.1. The van der Waals surface area contributed by atoms with Gasteiger partial charge in [0.05, 0.1) is 40.4 Å². The summed E-state index contributed by atoms with van der Waals surface area (Å²) in [6.07, 6.45) is 5.98. The van der Waals surface area contributed by atoms with Crippen molar-refractivity contribution in [2.24, 2.45) is 5.92 Å². The van der Waals surface area contributed by atoms with E-state index in [0.29, 0.717) is 6.54 Å². The zero-order valence-corrected chi connectivity index (χ0v) is 19.0. The number of hydrogen-bond acceptors (Lipinski definition) is 6. The molecule has 1 saturated heterocycles. The minimum atomic E-state index is -0.0702. The molecule has 0 unspecified atom stereocenters. The van der Waals surface area contributed by atoms with Crippen molar-refractivity contribution in [2.75, 3.05) is 32.8 Å². The Balaban J connectivity index is 1.31. The molecule has 3 atom stereocenters. The fourth-order valence-electron chi connectivity index (χ4n) is 4.53. The molecular weight excluding hydrogens is 426 g/mol. The summed E-state index contributed by atoms with van der Waals surface area (Å²) in [7, 11) is 0. The number of ether oxygens (including phenoxy) is 1. The topological polar surface area (TPSA) is 54.5 Å². The molecular formula is C24H27N3O2S2. The molecule has 0 radical (unpaired) electrons. The van der Waals surface area contributed by atoms with Gasteiger partial charge in [0, 0.05) is 30.4 Å². The monoisotopic (exact) mass is 453 g/mol. The number of nitrogens with zero attached hydrogens (tertiary/aromatic N) is 2. The first-order valence-corrected chi connectivity index (χ1v) is 12.6. The Bertz CT molecular complexity index is 1010. The van der Waals surface area contributed by atoms with Crippen molar-refractivity contribution >= 4 is 38.8 Å². The molecule has 1 aromatic carbocycles. The SMILES string of the molecule is O=C(NC[C@H](c1cccs1)N1CCOCC1)[C@H]1CC=CC[C@H]1c1nc2ccccc2s1. The van der Waals surface area contributed by atoms with Crippen LogP contribution in [0.4, 0.5) is 0 Å². The number of morpholine rings is 1. The number of para-hydroxylation sites is 1. The molecule has 162 valence electrons. The van der Waals surface area contributed by atoms with Gasteiger partial charge in [-0.25, -0.2) is 4.98 Å². The van der Waals surface area contributed by atoms with Gasteiger partial charge in [0.1, 0.15) is 0 Å². The van der Waals surface area contributed by atoms with Crippen LogP contribution in [0.2, 0.25) is 0 Å². The highest BCUT2D eigenvalue weighted by molar-refractivity contribution is 7.18. The second-order valence-electron chi connectivity index (χ2n) is 8.10. The predicted octanol–water partition coefficient (Wildman–Crippen LogP) is 4.60. The third kappa shape index (κ3) is 4.60. The van der Waals surface area contributed by atoms with E-state index in [4.69, 9.17) is 9.72 Å². The molecule has 0 bridgehead atoms. The van der Waals surface area contributed by atoms with Gasteiger partial charge in [-0.05, 0) is 36.4 Å². The second-order valence-corrected chi connectivity index (χ2v) is 10.1. The Hall–Kier alpha value is -2.06. The number of nitrogens with one attached hydrogen (secondary N) is 1. The predicted molar refractivity (Wildman–Crippen MR) is 127 cm³/mol. The number of carbonyl (C=O) groups excluding carboxylic acids is 1. The summed E-state index contributed by atoms with van der Waals surface area (Å²) in [5.41, 5.74) is 1.03. The van der Waals surface area contributed by atoms with Crippen LogP contribution >= 0.6 is 22.7 Å². The lowest BCUT2D eigenvalue weighted by Gasteiger charge is -2.34. The maximum absolute atomic E-state index is 13.3.